The third-order valence-electron chi connectivity index (χ3n) is 3.98. The van der Waals surface area contributed by atoms with Gasteiger partial charge < -0.3 is 9.47 Å². The van der Waals surface area contributed by atoms with E-state index >= 15 is 0 Å². The number of fused-ring (bicyclic) bond motifs is 1. The van der Waals surface area contributed by atoms with Crippen LogP contribution in [0.1, 0.15) is 31.1 Å². The van der Waals surface area contributed by atoms with Gasteiger partial charge in [-0.05, 0) is 31.4 Å². The van der Waals surface area contributed by atoms with Crippen molar-refractivity contribution < 1.29 is 9.47 Å². The van der Waals surface area contributed by atoms with E-state index in [0.29, 0.717) is 17.5 Å². The van der Waals surface area contributed by atoms with Crippen molar-refractivity contribution in [2.75, 3.05) is 6.61 Å². The molecule has 7 heteroatoms. The van der Waals surface area contributed by atoms with Crippen LogP contribution in [0.2, 0.25) is 5.02 Å². The normalized spacial score (nSPS) is 18.4. The lowest BCUT2D eigenvalue weighted by Gasteiger charge is -2.23. The Morgan fingerprint density at radius 2 is 2.35 bits per heavy atom. The average molecular weight is 350 g/mol. The lowest BCUT2D eigenvalue weighted by molar-refractivity contribution is -0.0366. The molecule has 5 nitrogen and oxygen atoms in total. The Morgan fingerprint density at radius 3 is 3.13 bits per heavy atom. The van der Waals surface area contributed by atoms with Crippen LogP contribution in [0.5, 0.6) is 5.88 Å². The molecule has 1 aromatic carbocycles. The number of thiazole rings is 1. The molecule has 3 aromatic rings. The first kappa shape index (κ1) is 14.9. The SMILES string of the molecule is Clc1cc2cnn(C3CCCCO3)c2cc1COc1cscn1. The summed E-state index contributed by atoms with van der Waals surface area (Å²) in [7, 11) is 0. The lowest BCUT2D eigenvalue weighted by Crippen LogP contribution is -2.19. The van der Waals surface area contributed by atoms with E-state index in [1.807, 2.05) is 28.4 Å². The highest BCUT2D eigenvalue weighted by Gasteiger charge is 2.19. The van der Waals surface area contributed by atoms with E-state index in [1.54, 1.807) is 5.51 Å². The zero-order valence-corrected chi connectivity index (χ0v) is 14.0. The van der Waals surface area contributed by atoms with E-state index < -0.39 is 0 Å². The molecule has 120 valence electrons. The van der Waals surface area contributed by atoms with Crippen LogP contribution in [0, 0.1) is 0 Å². The molecule has 0 N–H and O–H groups in total. The number of halogens is 1. The second-order valence-electron chi connectivity index (χ2n) is 5.53. The van der Waals surface area contributed by atoms with Gasteiger partial charge in [0.2, 0.25) is 5.88 Å². The summed E-state index contributed by atoms with van der Waals surface area (Å²) in [6, 6.07) is 3.97. The van der Waals surface area contributed by atoms with Crippen LogP contribution >= 0.6 is 22.9 Å². The molecular formula is C16H16ClN3O2S. The standard InChI is InChI=1S/C16H16ClN3O2S/c17-13-5-11-7-19-20(16-3-1-2-4-21-16)14(11)6-12(13)8-22-15-9-23-10-18-15/h5-7,9-10,16H,1-4,8H2. The molecule has 1 fully saturated rings. The average Bonchev–Trinajstić information content (AvgIpc) is 3.22. The lowest BCUT2D eigenvalue weighted by atomic mass is 10.1. The van der Waals surface area contributed by atoms with Crippen LogP contribution in [-0.4, -0.2) is 21.4 Å². The minimum absolute atomic E-state index is 0.00901. The summed E-state index contributed by atoms with van der Waals surface area (Å²) in [5.74, 6) is 0.621. The summed E-state index contributed by atoms with van der Waals surface area (Å²) in [6.07, 6.45) is 5.12. The molecule has 3 heterocycles. The summed E-state index contributed by atoms with van der Waals surface area (Å²) in [6.45, 7) is 1.18. The molecule has 23 heavy (non-hydrogen) atoms. The Kier molecular flexibility index (Phi) is 4.20. The number of ether oxygens (including phenoxy) is 2. The summed E-state index contributed by atoms with van der Waals surface area (Å²) in [4.78, 5) is 4.12. The molecule has 0 aliphatic carbocycles. The first-order chi connectivity index (χ1) is 11.3. The van der Waals surface area contributed by atoms with Crippen LogP contribution in [0.4, 0.5) is 0 Å². The predicted molar refractivity (Wildman–Crippen MR) is 90.0 cm³/mol. The van der Waals surface area contributed by atoms with Gasteiger partial charge in [0.1, 0.15) is 6.61 Å². The molecule has 1 saturated heterocycles. The maximum absolute atomic E-state index is 6.37. The minimum Gasteiger partial charge on any atom is -0.472 e. The van der Waals surface area contributed by atoms with Gasteiger partial charge in [0.25, 0.3) is 0 Å². The molecule has 0 amide bonds. The van der Waals surface area contributed by atoms with Gasteiger partial charge in [0, 0.05) is 22.6 Å². The quantitative estimate of drug-likeness (QED) is 0.699. The van der Waals surface area contributed by atoms with Crippen molar-refractivity contribution >= 4 is 33.8 Å². The third kappa shape index (κ3) is 3.06. The number of hydrogen-bond donors (Lipinski definition) is 0. The van der Waals surface area contributed by atoms with Gasteiger partial charge in [0.15, 0.2) is 6.23 Å². The Balaban J connectivity index is 1.63. The van der Waals surface area contributed by atoms with E-state index in [-0.39, 0.29) is 6.23 Å². The highest BCUT2D eigenvalue weighted by molar-refractivity contribution is 7.07. The summed E-state index contributed by atoms with van der Waals surface area (Å²) in [5.41, 5.74) is 3.69. The van der Waals surface area contributed by atoms with Crippen molar-refractivity contribution in [3.8, 4) is 5.88 Å². The zero-order valence-electron chi connectivity index (χ0n) is 12.4. The van der Waals surface area contributed by atoms with E-state index in [1.165, 1.54) is 17.8 Å². The molecule has 1 aliphatic heterocycles. The molecular weight excluding hydrogens is 334 g/mol. The second-order valence-corrected chi connectivity index (χ2v) is 6.65. The number of hydrogen-bond acceptors (Lipinski definition) is 5. The van der Waals surface area contributed by atoms with Crippen molar-refractivity contribution in [3.63, 3.8) is 0 Å². The van der Waals surface area contributed by atoms with E-state index in [2.05, 4.69) is 10.1 Å². The fraction of sp³-hybridized carbons (Fsp3) is 0.375. The van der Waals surface area contributed by atoms with Crippen molar-refractivity contribution in [1.82, 2.24) is 14.8 Å². The van der Waals surface area contributed by atoms with Gasteiger partial charge in [-0.3, -0.25) is 0 Å². The van der Waals surface area contributed by atoms with Gasteiger partial charge >= 0.3 is 0 Å². The van der Waals surface area contributed by atoms with Crippen molar-refractivity contribution in [2.24, 2.45) is 0 Å². The monoisotopic (exact) mass is 349 g/mol. The maximum atomic E-state index is 6.37. The number of benzene rings is 1. The molecule has 1 atom stereocenters. The molecule has 0 bridgehead atoms. The molecule has 0 saturated carbocycles. The molecule has 1 unspecified atom stereocenters. The Bertz CT molecular complexity index is 797. The smallest absolute Gasteiger partial charge is 0.224 e. The van der Waals surface area contributed by atoms with Crippen LogP contribution in [0.15, 0.2) is 29.2 Å². The van der Waals surface area contributed by atoms with Crippen LogP contribution in [0.3, 0.4) is 0 Å². The number of rotatable bonds is 4. The fourth-order valence-electron chi connectivity index (χ4n) is 2.79. The van der Waals surface area contributed by atoms with Crippen LogP contribution < -0.4 is 4.74 Å². The van der Waals surface area contributed by atoms with Crippen molar-refractivity contribution in [1.29, 1.82) is 0 Å². The fourth-order valence-corrected chi connectivity index (χ4v) is 3.49. The van der Waals surface area contributed by atoms with Crippen LogP contribution in [-0.2, 0) is 11.3 Å². The topological polar surface area (TPSA) is 49.2 Å². The maximum Gasteiger partial charge on any atom is 0.224 e. The highest BCUT2D eigenvalue weighted by atomic mass is 35.5. The van der Waals surface area contributed by atoms with Crippen LogP contribution in [0.25, 0.3) is 10.9 Å². The molecule has 4 rings (SSSR count). The summed E-state index contributed by atoms with van der Waals surface area (Å²) in [5, 5.41) is 8.05. The first-order valence-corrected chi connectivity index (χ1v) is 8.91. The third-order valence-corrected chi connectivity index (χ3v) is 4.89. The van der Waals surface area contributed by atoms with E-state index in [0.717, 1.165) is 35.9 Å². The Hall–Kier alpha value is -1.63. The summed E-state index contributed by atoms with van der Waals surface area (Å²) >= 11 is 7.88. The van der Waals surface area contributed by atoms with Gasteiger partial charge in [-0.1, -0.05) is 11.6 Å². The number of aromatic nitrogens is 3. The minimum atomic E-state index is 0.00901. The van der Waals surface area contributed by atoms with Gasteiger partial charge in [0.05, 0.1) is 22.6 Å². The Morgan fingerprint density at radius 1 is 1.39 bits per heavy atom. The molecule has 2 aromatic heterocycles. The largest absolute Gasteiger partial charge is 0.472 e. The molecule has 0 radical (unpaired) electrons. The van der Waals surface area contributed by atoms with E-state index in [4.69, 9.17) is 21.1 Å². The predicted octanol–water partition coefficient (Wildman–Crippen LogP) is 4.42. The molecule has 1 aliphatic rings. The number of nitrogens with zero attached hydrogens (tertiary/aromatic N) is 3. The Labute approximate surface area is 142 Å². The van der Waals surface area contributed by atoms with Crippen molar-refractivity contribution in [3.05, 3.63) is 39.8 Å². The zero-order chi connectivity index (χ0) is 15.6. The molecule has 0 spiro atoms. The van der Waals surface area contributed by atoms with Gasteiger partial charge in [-0.15, -0.1) is 11.3 Å². The van der Waals surface area contributed by atoms with Crippen molar-refractivity contribution in [2.45, 2.75) is 32.1 Å². The summed E-state index contributed by atoms with van der Waals surface area (Å²) < 4.78 is 13.5. The second kappa shape index (κ2) is 6.47. The first-order valence-electron chi connectivity index (χ1n) is 7.59. The van der Waals surface area contributed by atoms with Gasteiger partial charge in [-0.25, -0.2) is 9.67 Å². The van der Waals surface area contributed by atoms with E-state index in [9.17, 15) is 0 Å². The van der Waals surface area contributed by atoms with Gasteiger partial charge in [-0.2, -0.15) is 5.10 Å². The highest BCUT2D eigenvalue weighted by Crippen LogP contribution is 2.30.